The number of likely N-dealkylation sites (tertiary alicyclic amines) is 1. The van der Waals surface area contributed by atoms with Crippen LogP contribution in [0.25, 0.3) is 0 Å². The van der Waals surface area contributed by atoms with Gasteiger partial charge in [0.1, 0.15) is 0 Å². The molecule has 2 aliphatic carbocycles. The molecule has 4 atom stereocenters. The van der Waals surface area contributed by atoms with E-state index in [2.05, 4.69) is 4.90 Å². The molecule has 0 aromatic heterocycles. The minimum atomic E-state index is -1.07. The van der Waals surface area contributed by atoms with Crippen LogP contribution in [0.5, 0.6) is 11.5 Å². The van der Waals surface area contributed by atoms with Gasteiger partial charge in [-0.05, 0) is 56.7 Å². The molecule has 2 heterocycles. The van der Waals surface area contributed by atoms with E-state index in [0.717, 1.165) is 36.6 Å². The Labute approximate surface area is 154 Å². The van der Waals surface area contributed by atoms with Crippen LogP contribution in [0.3, 0.4) is 0 Å². The average molecular weight is 357 g/mol. The van der Waals surface area contributed by atoms with Crippen LogP contribution in [0.1, 0.15) is 50.7 Å². The monoisotopic (exact) mass is 357 g/mol. The van der Waals surface area contributed by atoms with E-state index in [4.69, 9.17) is 4.74 Å². The lowest BCUT2D eigenvalue weighted by atomic mass is 9.53. The van der Waals surface area contributed by atoms with Crippen molar-refractivity contribution in [3.63, 3.8) is 0 Å². The molecule has 1 saturated carbocycles. The molecule has 5 nitrogen and oxygen atoms in total. The Morgan fingerprint density at radius 3 is 2.85 bits per heavy atom. The van der Waals surface area contributed by atoms with Gasteiger partial charge in [-0.25, -0.2) is 0 Å². The SMILES string of the molecule is CCC(=O)C1Oc2c(O)ccc3c2[C@@]12CCN(CC1CC1)[C@H](C3)[C@@]2(C)O. The van der Waals surface area contributed by atoms with Gasteiger partial charge in [-0.15, -0.1) is 0 Å². The van der Waals surface area contributed by atoms with E-state index in [0.29, 0.717) is 18.6 Å². The second kappa shape index (κ2) is 5.23. The van der Waals surface area contributed by atoms with E-state index in [1.165, 1.54) is 12.8 Å². The van der Waals surface area contributed by atoms with Crippen LogP contribution in [0, 0.1) is 5.92 Å². The highest BCUT2D eigenvalue weighted by Gasteiger charge is 2.69. The van der Waals surface area contributed by atoms with Crippen LogP contribution in [-0.2, 0) is 16.6 Å². The van der Waals surface area contributed by atoms with E-state index in [9.17, 15) is 15.0 Å². The lowest BCUT2D eigenvalue weighted by Crippen LogP contribution is -2.73. The van der Waals surface area contributed by atoms with E-state index in [1.807, 2.05) is 19.9 Å². The van der Waals surface area contributed by atoms with Gasteiger partial charge in [0.15, 0.2) is 23.4 Å². The van der Waals surface area contributed by atoms with Crippen LogP contribution < -0.4 is 4.74 Å². The molecule has 0 radical (unpaired) electrons. The number of ketones is 1. The third kappa shape index (κ3) is 1.91. The Morgan fingerprint density at radius 1 is 1.38 bits per heavy atom. The highest BCUT2D eigenvalue weighted by Crippen LogP contribution is 2.62. The average Bonchev–Trinajstić information content (AvgIpc) is 3.34. The Morgan fingerprint density at radius 2 is 2.15 bits per heavy atom. The standard InChI is InChI=1S/C21H27NO4/c1-3-14(23)19-21-8-9-22(11-12-4-5-12)16(20(21,2)25)10-13-6-7-15(24)18(26-19)17(13)21/h6-7,12,16,19,24-25H,3-5,8-11H2,1-2H3/t16-,19?,20-,21+/m1/s1. The first-order valence-electron chi connectivity index (χ1n) is 9.91. The number of phenols is 1. The summed E-state index contributed by atoms with van der Waals surface area (Å²) in [6.07, 6.45) is 3.64. The molecule has 26 heavy (non-hydrogen) atoms. The van der Waals surface area contributed by atoms with Gasteiger partial charge in [0, 0.05) is 24.6 Å². The number of benzene rings is 1. The lowest BCUT2D eigenvalue weighted by Gasteiger charge is -2.59. The highest BCUT2D eigenvalue weighted by molar-refractivity contribution is 5.88. The lowest BCUT2D eigenvalue weighted by molar-refractivity contribution is -0.164. The number of ether oxygens (including phenoxy) is 1. The van der Waals surface area contributed by atoms with E-state index in [1.54, 1.807) is 6.07 Å². The number of aliphatic hydroxyl groups is 1. The molecule has 1 spiro atoms. The summed E-state index contributed by atoms with van der Waals surface area (Å²) in [6.45, 7) is 5.62. The Bertz CT molecular complexity index is 784. The fraction of sp³-hybridized carbons (Fsp3) is 0.667. The zero-order valence-corrected chi connectivity index (χ0v) is 15.5. The maximum Gasteiger partial charge on any atom is 0.174 e. The third-order valence-electron chi connectivity index (χ3n) is 7.38. The molecule has 5 heteroatoms. The molecular formula is C21H27NO4. The third-order valence-corrected chi connectivity index (χ3v) is 7.38. The molecule has 5 rings (SSSR count). The quantitative estimate of drug-likeness (QED) is 0.864. The molecule has 140 valence electrons. The molecule has 0 amide bonds. The topological polar surface area (TPSA) is 70.0 Å². The van der Waals surface area contributed by atoms with Crippen molar-refractivity contribution in [2.24, 2.45) is 5.92 Å². The number of piperidine rings is 1. The van der Waals surface area contributed by atoms with Crippen molar-refractivity contribution in [1.82, 2.24) is 4.90 Å². The van der Waals surface area contributed by atoms with E-state index >= 15 is 0 Å². The minimum Gasteiger partial charge on any atom is -0.504 e. The maximum absolute atomic E-state index is 12.8. The summed E-state index contributed by atoms with van der Waals surface area (Å²) in [4.78, 5) is 15.3. The number of Topliss-reactive ketones (excluding diaryl/α,β-unsaturated/α-hetero) is 1. The number of nitrogens with zero attached hydrogens (tertiary/aromatic N) is 1. The number of rotatable bonds is 4. The Kier molecular flexibility index (Phi) is 3.33. The van der Waals surface area contributed by atoms with Crippen molar-refractivity contribution in [3.8, 4) is 11.5 Å². The van der Waals surface area contributed by atoms with E-state index < -0.39 is 17.1 Å². The number of phenolic OH excluding ortho intramolecular Hbond substituents is 1. The van der Waals surface area contributed by atoms with Crippen molar-refractivity contribution in [2.45, 2.75) is 69.1 Å². The highest BCUT2D eigenvalue weighted by atomic mass is 16.5. The molecule has 4 aliphatic rings. The normalized spacial score (nSPS) is 38.0. The smallest absolute Gasteiger partial charge is 0.174 e. The zero-order valence-electron chi connectivity index (χ0n) is 15.5. The molecule has 2 N–H and O–H groups in total. The molecule has 2 aliphatic heterocycles. The first-order valence-corrected chi connectivity index (χ1v) is 9.91. The number of hydrogen-bond acceptors (Lipinski definition) is 5. The first kappa shape index (κ1) is 16.6. The van der Waals surface area contributed by atoms with E-state index in [-0.39, 0.29) is 17.6 Å². The summed E-state index contributed by atoms with van der Waals surface area (Å²) >= 11 is 0. The number of hydrogen-bond donors (Lipinski definition) is 2. The molecule has 2 fully saturated rings. The van der Waals surface area contributed by atoms with Gasteiger partial charge in [0.2, 0.25) is 0 Å². The van der Waals surface area contributed by atoms with Crippen molar-refractivity contribution >= 4 is 5.78 Å². The number of aromatic hydroxyl groups is 1. The Hall–Kier alpha value is -1.59. The first-order chi connectivity index (χ1) is 12.4. The van der Waals surface area contributed by atoms with Gasteiger partial charge < -0.3 is 14.9 Å². The summed E-state index contributed by atoms with van der Waals surface area (Å²) in [5, 5.41) is 22.2. The van der Waals surface area contributed by atoms with Crippen molar-refractivity contribution in [3.05, 3.63) is 23.3 Å². The number of fused-ring (bicyclic) bond motifs is 1. The Balaban J connectivity index is 1.69. The van der Waals surface area contributed by atoms with Crippen molar-refractivity contribution in [2.75, 3.05) is 13.1 Å². The maximum atomic E-state index is 12.8. The molecular weight excluding hydrogens is 330 g/mol. The van der Waals surface area contributed by atoms with Crippen LogP contribution in [0.15, 0.2) is 12.1 Å². The number of carbonyl (C=O) groups is 1. The number of carbonyl (C=O) groups excluding carboxylic acids is 1. The van der Waals surface area contributed by atoms with Gasteiger partial charge in [-0.3, -0.25) is 9.69 Å². The summed E-state index contributed by atoms with van der Waals surface area (Å²) in [5.41, 5.74) is 0.173. The van der Waals surface area contributed by atoms with Crippen LogP contribution >= 0.6 is 0 Å². The second-order valence-corrected chi connectivity index (χ2v) is 8.79. The molecule has 1 aromatic rings. The molecule has 1 saturated heterocycles. The summed E-state index contributed by atoms with van der Waals surface area (Å²) < 4.78 is 6.08. The largest absolute Gasteiger partial charge is 0.504 e. The van der Waals surface area contributed by atoms with Gasteiger partial charge in [0.05, 0.1) is 11.0 Å². The predicted molar refractivity (Wildman–Crippen MR) is 96.5 cm³/mol. The zero-order chi connectivity index (χ0) is 18.3. The van der Waals surface area contributed by atoms with Gasteiger partial charge in [-0.1, -0.05) is 13.0 Å². The summed E-state index contributed by atoms with van der Waals surface area (Å²) in [5.74, 6) is 1.25. The predicted octanol–water partition coefficient (Wildman–Crippen LogP) is 2.16. The van der Waals surface area contributed by atoms with Gasteiger partial charge >= 0.3 is 0 Å². The second-order valence-electron chi connectivity index (χ2n) is 8.79. The van der Waals surface area contributed by atoms with Gasteiger partial charge in [0.25, 0.3) is 0 Å². The molecule has 1 aromatic carbocycles. The fourth-order valence-corrected chi connectivity index (χ4v) is 5.81. The van der Waals surface area contributed by atoms with Crippen LogP contribution in [0.4, 0.5) is 0 Å². The summed E-state index contributed by atoms with van der Waals surface area (Å²) in [6, 6.07) is 3.60. The summed E-state index contributed by atoms with van der Waals surface area (Å²) in [7, 11) is 0. The molecule has 1 unspecified atom stereocenters. The van der Waals surface area contributed by atoms with Crippen LogP contribution in [0.2, 0.25) is 0 Å². The van der Waals surface area contributed by atoms with Gasteiger partial charge in [-0.2, -0.15) is 0 Å². The fourth-order valence-electron chi connectivity index (χ4n) is 5.81. The van der Waals surface area contributed by atoms with Crippen molar-refractivity contribution in [1.29, 1.82) is 0 Å². The van der Waals surface area contributed by atoms with Crippen molar-refractivity contribution < 1.29 is 19.7 Å². The van der Waals surface area contributed by atoms with Crippen LogP contribution in [-0.4, -0.2) is 51.7 Å². The molecule has 2 bridgehead atoms. The minimum absolute atomic E-state index is 0.00289.